The van der Waals surface area contributed by atoms with Crippen molar-refractivity contribution in [2.45, 2.75) is 127 Å². The fourth-order valence-electron chi connectivity index (χ4n) is 9.45. The third-order valence-corrected chi connectivity index (χ3v) is 11.7. The Morgan fingerprint density at radius 2 is 1.69 bits per heavy atom. The first-order valence-electron chi connectivity index (χ1n) is 13.9. The van der Waals surface area contributed by atoms with Crippen LogP contribution in [0.25, 0.3) is 0 Å². The van der Waals surface area contributed by atoms with E-state index in [2.05, 4.69) is 13.8 Å². The van der Waals surface area contributed by atoms with Crippen molar-refractivity contribution in [3.63, 3.8) is 0 Å². The molecule has 8 nitrogen and oxygen atoms in total. The zero-order valence-electron chi connectivity index (χ0n) is 21.6. The van der Waals surface area contributed by atoms with Crippen LogP contribution in [0, 0.1) is 34.5 Å². The molecule has 0 bridgehead atoms. The summed E-state index contributed by atoms with van der Waals surface area (Å²) in [6.45, 7) is 6.53. The summed E-state index contributed by atoms with van der Waals surface area (Å²) in [5, 5.41) is 53.3. The molecule has 0 aromatic heterocycles. The van der Waals surface area contributed by atoms with Crippen LogP contribution in [-0.4, -0.2) is 80.6 Å². The predicted molar refractivity (Wildman–Crippen MR) is 129 cm³/mol. The van der Waals surface area contributed by atoms with Crippen LogP contribution in [0.5, 0.6) is 0 Å². The van der Waals surface area contributed by atoms with Gasteiger partial charge in [0.2, 0.25) is 0 Å². The smallest absolute Gasteiger partial charge is 0.186 e. The van der Waals surface area contributed by atoms with E-state index >= 15 is 0 Å². The highest BCUT2D eigenvalue weighted by atomic mass is 16.7. The topological polar surface area (TPSA) is 146 Å². The Kier molecular flexibility index (Phi) is 6.88. The minimum Gasteiger partial charge on any atom is -0.391 e. The zero-order chi connectivity index (χ0) is 25.3. The van der Waals surface area contributed by atoms with Gasteiger partial charge in [0, 0.05) is 12.0 Å². The molecule has 5 fully saturated rings. The summed E-state index contributed by atoms with van der Waals surface area (Å²) in [5.74, 6) is 1.22. The Hall–Kier alpha value is -0.320. The lowest BCUT2D eigenvalue weighted by atomic mass is 9.43. The minimum atomic E-state index is -1.28. The SMILES string of the molecule is C[C@@H]1O[C@@H](O[C@H]2CC[C@@]3(C)[C@H](CC[C@@H]4[C@@H]3CC[C@]3(C)[C@@H](C(O)CN)CC[C@]43O)C2)[C@H](O)[C@H](O)[C@H]1O. The van der Waals surface area contributed by atoms with Gasteiger partial charge in [0.25, 0.3) is 0 Å². The highest BCUT2D eigenvalue weighted by Gasteiger charge is 2.68. The van der Waals surface area contributed by atoms with Crippen LogP contribution in [-0.2, 0) is 9.47 Å². The van der Waals surface area contributed by atoms with Crippen LogP contribution in [0.1, 0.15) is 78.6 Å². The van der Waals surface area contributed by atoms with Crippen LogP contribution in [0.3, 0.4) is 0 Å². The summed E-state index contributed by atoms with van der Waals surface area (Å²) in [7, 11) is 0. The van der Waals surface area contributed by atoms with Gasteiger partial charge in [0.1, 0.15) is 18.3 Å². The first kappa shape index (κ1) is 26.3. The highest BCUT2D eigenvalue weighted by molar-refractivity contribution is 5.17. The zero-order valence-corrected chi connectivity index (χ0v) is 21.6. The van der Waals surface area contributed by atoms with Gasteiger partial charge in [0.15, 0.2) is 6.29 Å². The molecular weight excluding hydrogens is 450 g/mol. The Balaban J connectivity index is 1.28. The van der Waals surface area contributed by atoms with Gasteiger partial charge >= 0.3 is 0 Å². The van der Waals surface area contributed by atoms with Crippen molar-refractivity contribution in [3.05, 3.63) is 0 Å². The van der Waals surface area contributed by atoms with Crippen molar-refractivity contribution in [1.82, 2.24) is 0 Å². The van der Waals surface area contributed by atoms with E-state index in [9.17, 15) is 25.5 Å². The van der Waals surface area contributed by atoms with Crippen molar-refractivity contribution in [2.75, 3.05) is 6.54 Å². The average molecular weight is 498 g/mol. The highest BCUT2D eigenvalue weighted by Crippen LogP contribution is 2.69. The van der Waals surface area contributed by atoms with Gasteiger partial charge in [-0.2, -0.15) is 0 Å². The molecule has 1 aliphatic heterocycles. The monoisotopic (exact) mass is 497 g/mol. The molecule has 14 atom stereocenters. The van der Waals surface area contributed by atoms with Crippen molar-refractivity contribution < 1.29 is 35.0 Å². The number of aliphatic hydroxyl groups is 5. The molecule has 5 rings (SSSR count). The lowest BCUT2D eigenvalue weighted by Gasteiger charge is -2.64. The lowest BCUT2D eigenvalue weighted by Crippen LogP contribution is -2.63. The molecule has 0 aromatic rings. The van der Waals surface area contributed by atoms with Gasteiger partial charge in [-0.25, -0.2) is 0 Å². The molecule has 8 heteroatoms. The summed E-state index contributed by atoms with van der Waals surface area (Å²) in [5.41, 5.74) is 4.93. The molecule has 7 N–H and O–H groups in total. The molecule has 202 valence electrons. The number of fused-ring (bicyclic) bond motifs is 5. The Morgan fingerprint density at radius 1 is 0.943 bits per heavy atom. The normalized spacial score (nSPS) is 57.2. The molecule has 1 unspecified atom stereocenters. The number of rotatable bonds is 4. The number of aliphatic hydroxyl groups excluding tert-OH is 4. The molecule has 4 saturated carbocycles. The van der Waals surface area contributed by atoms with Gasteiger partial charge in [-0.05, 0) is 93.8 Å². The third-order valence-electron chi connectivity index (χ3n) is 11.7. The second-order valence-electron chi connectivity index (χ2n) is 13.0. The van der Waals surface area contributed by atoms with E-state index in [-0.39, 0.29) is 35.3 Å². The number of hydrogen-bond acceptors (Lipinski definition) is 8. The molecule has 0 aromatic carbocycles. The maximum Gasteiger partial charge on any atom is 0.186 e. The van der Waals surface area contributed by atoms with Gasteiger partial charge in [-0.3, -0.25) is 0 Å². The fourth-order valence-corrected chi connectivity index (χ4v) is 9.45. The quantitative estimate of drug-likeness (QED) is 0.319. The Bertz CT molecular complexity index is 785. The molecule has 0 radical (unpaired) electrons. The van der Waals surface area contributed by atoms with Crippen molar-refractivity contribution >= 4 is 0 Å². The maximum absolute atomic E-state index is 12.2. The largest absolute Gasteiger partial charge is 0.391 e. The second kappa shape index (κ2) is 9.16. The van der Waals surface area contributed by atoms with E-state index < -0.39 is 42.4 Å². The molecule has 5 aliphatic rings. The first-order chi connectivity index (χ1) is 16.5. The lowest BCUT2D eigenvalue weighted by molar-refractivity contribution is -0.310. The van der Waals surface area contributed by atoms with Crippen molar-refractivity contribution in [1.29, 1.82) is 0 Å². The number of ether oxygens (including phenoxy) is 2. The van der Waals surface area contributed by atoms with E-state index in [1.165, 1.54) is 0 Å². The molecule has 0 spiro atoms. The molecule has 1 saturated heterocycles. The Labute approximate surface area is 209 Å². The van der Waals surface area contributed by atoms with Gasteiger partial charge < -0.3 is 40.7 Å². The number of hydrogen-bond donors (Lipinski definition) is 6. The summed E-state index contributed by atoms with van der Waals surface area (Å²) in [6.07, 6.45) is 2.50. The van der Waals surface area contributed by atoms with Crippen LogP contribution in [0.4, 0.5) is 0 Å². The van der Waals surface area contributed by atoms with Gasteiger partial charge in [0.05, 0.1) is 23.9 Å². The standard InChI is InChI=1S/C27H47NO7/c1-14-21(30)22(31)23(32)24(34-14)35-16-6-9-25(2)15(12-16)4-5-18-17(25)7-10-26(3)19(20(29)13-28)8-11-27(18,26)33/h14-24,29-33H,4-13,28H2,1-3H3/t14-,15+,16-,17-,18+,19+,20?,21-,22+,23+,24-,25-,26+,27-/m0/s1. The summed E-state index contributed by atoms with van der Waals surface area (Å²) in [4.78, 5) is 0. The van der Waals surface area contributed by atoms with Crippen LogP contribution >= 0.6 is 0 Å². The van der Waals surface area contributed by atoms with E-state index in [4.69, 9.17) is 15.2 Å². The minimum absolute atomic E-state index is 0.0614. The molecule has 35 heavy (non-hydrogen) atoms. The summed E-state index contributed by atoms with van der Waals surface area (Å²) < 4.78 is 11.9. The number of nitrogens with two attached hydrogens (primary N) is 1. The fraction of sp³-hybridized carbons (Fsp3) is 1.00. The van der Waals surface area contributed by atoms with Crippen LogP contribution in [0.15, 0.2) is 0 Å². The van der Waals surface area contributed by atoms with E-state index in [1.54, 1.807) is 6.92 Å². The predicted octanol–water partition coefficient (Wildman–Crippen LogP) is 1.29. The van der Waals surface area contributed by atoms with Gasteiger partial charge in [-0.1, -0.05) is 13.8 Å². The van der Waals surface area contributed by atoms with Gasteiger partial charge in [-0.15, -0.1) is 0 Å². The molecule has 1 heterocycles. The van der Waals surface area contributed by atoms with Crippen LogP contribution in [0.2, 0.25) is 0 Å². The molecular formula is C27H47NO7. The Morgan fingerprint density at radius 3 is 2.40 bits per heavy atom. The second-order valence-corrected chi connectivity index (χ2v) is 13.0. The third kappa shape index (κ3) is 3.85. The van der Waals surface area contributed by atoms with E-state index in [1.807, 2.05) is 0 Å². The molecule has 4 aliphatic carbocycles. The van der Waals surface area contributed by atoms with Crippen molar-refractivity contribution in [3.8, 4) is 0 Å². The first-order valence-corrected chi connectivity index (χ1v) is 13.9. The summed E-state index contributed by atoms with van der Waals surface area (Å²) >= 11 is 0. The van der Waals surface area contributed by atoms with Crippen molar-refractivity contribution in [2.24, 2.45) is 40.2 Å². The summed E-state index contributed by atoms with van der Waals surface area (Å²) in [6, 6.07) is 0. The average Bonchev–Trinajstić information content (AvgIpc) is 3.12. The molecule has 0 amide bonds. The van der Waals surface area contributed by atoms with Crippen LogP contribution < -0.4 is 5.73 Å². The van der Waals surface area contributed by atoms with E-state index in [0.29, 0.717) is 11.8 Å². The van der Waals surface area contributed by atoms with E-state index in [0.717, 1.165) is 57.8 Å². The maximum atomic E-state index is 12.2.